The molecule has 47 heavy (non-hydrogen) atoms. The third-order valence-corrected chi connectivity index (χ3v) is 8.94. The van der Waals surface area contributed by atoms with Gasteiger partial charge in [0.05, 0.1) is 11.4 Å². The van der Waals surface area contributed by atoms with E-state index in [9.17, 15) is 14.4 Å². The third kappa shape index (κ3) is 7.95. The van der Waals surface area contributed by atoms with Gasteiger partial charge in [0.1, 0.15) is 17.9 Å². The van der Waals surface area contributed by atoms with Crippen LogP contribution >= 0.6 is 11.6 Å². The molecule has 2 amide bonds. The molecule has 8 nitrogen and oxygen atoms in total. The van der Waals surface area contributed by atoms with Crippen LogP contribution < -0.4 is 20.4 Å². The molecule has 0 spiro atoms. The topological polar surface area (TPSA) is 92.1 Å². The first kappa shape index (κ1) is 32.1. The van der Waals surface area contributed by atoms with Gasteiger partial charge >= 0.3 is 0 Å². The molecule has 0 unspecified atom stereocenters. The van der Waals surface area contributed by atoms with Gasteiger partial charge in [-0.3, -0.25) is 14.4 Å². The number of halogens is 1. The Hall–Kier alpha value is -4.82. The highest BCUT2D eigenvalue weighted by Gasteiger charge is 2.24. The maximum Gasteiger partial charge on any atom is 0.287 e. The number of amides is 2. The summed E-state index contributed by atoms with van der Waals surface area (Å²) in [6.45, 7) is 7.07. The molecule has 4 aromatic rings. The molecule has 3 heterocycles. The van der Waals surface area contributed by atoms with E-state index < -0.39 is 5.91 Å². The van der Waals surface area contributed by atoms with Gasteiger partial charge in [-0.25, -0.2) is 0 Å². The minimum Gasteiger partial charge on any atom is -0.490 e. The lowest BCUT2D eigenvalue weighted by Crippen LogP contribution is -2.37. The lowest BCUT2D eigenvalue weighted by atomic mass is 9.97. The van der Waals surface area contributed by atoms with Gasteiger partial charge in [0.25, 0.3) is 5.91 Å². The lowest BCUT2D eigenvalue weighted by Gasteiger charge is -2.33. The van der Waals surface area contributed by atoms with E-state index in [2.05, 4.69) is 41.1 Å². The number of fused-ring (bicyclic) bond motifs is 1. The van der Waals surface area contributed by atoms with Crippen LogP contribution in [0.4, 0.5) is 5.69 Å². The Morgan fingerprint density at radius 2 is 1.79 bits per heavy atom. The monoisotopic (exact) mass is 651 g/mol. The second kappa shape index (κ2) is 14.7. The zero-order chi connectivity index (χ0) is 32.8. The standard InChI is InChI=1S/C38H38ClN3O5/c1-2-20-46-31-13-14-35-32(23-31)34(43)24-36(47-35)38(45)40-30(21-26-9-11-29(39)12-10-26)22-27-15-18-41(19-16-27)33-7-4-3-6-28(33)25-42-17-5-8-37(42)44/h2-4,6-7,9-14,22-24,30H,1,5,8,15-21,25H2,(H,40,45)/t30-/m0/s1. The van der Waals surface area contributed by atoms with E-state index >= 15 is 0 Å². The molecule has 3 aromatic carbocycles. The zero-order valence-electron chi connectivity index (χ0n) is 26.3. The minimum atomic E-state index is -0.463. The van der Waals surface area contributed by atoms with Crippen LogP contribution in [0.15, 0.2) is 106 Å². The number of nitrogens with one attached hydrogen (secondary N) is 1. The number of nitrogens with zero attached hydrogens (tertiary/aromatic N) is 2. The normalized spacial score (nSPS) is 15.5. The molecule has 0 saturated carbocycles. The molecule has 2 aliphatic rings. The Kier molecular flexibility index (Phi) is 10.1. The van der Waals surface area contributed by atoms with Gasteiger partial charge in [0.15, 0.2) is 11.2 Å². The Bertz CT molecular complexity index is 1860. The largest absolute Gasteiger partial charge is 0.490 e. The molecule has 242 valence electrons. The fraction of sp³-hybridized carbons (Fsp3) is 0.289. The molecule has 0 radical (unpaired) electrons. The minimum absolute atomic E-state index is 0.0512. The molecule has 2 saturated heterocycles. The van der Waals surface area contributed by atoms with Crippen molar-refractivity contribution in [1.82, 2.24) is 10.2 Å². The zero-order valence-corrected chi connectivity index (χ0v) is 27.0. The molecule has 0 bridgehead atoms. The summed E-state index contributed by atoms with van der Waals surface area (Å²) in [5.74, 6) is 0.232. The number of benzene rings is 3. The number of piperidine rings is 1. The van der Waals surface area contributed by atoms with E-state index in [4.69, 9.17) is 20.8 Å². The van der Waals surface area contributed by atoms with Gasteiger partial charge < -0.3 is 24.3 Å². The summed E-state index contributed by atoms with van der Waals surface area (Å²) in [5.41, 5.74) is 4.59. The van der Waals surface area contributed by atoms with Gasteiger partial charge in [0, 0.05) is 49.4 Å². The SMILES string of the molecule is C=CCOc1ccc2oc(C(=O)N[C@H](C=C3CCN(c4ccccc4CN4CCCC4=O)CC3)Cc3ccc(Cl)cc3)cc(=O)c2c1. The highest BCUT2D eigenvalue weighted by atomic mass is 35.5. The molecule has 1 atom stereocenters. The molecule has 0 aliphatic carbocycles. The van der Waals surface area contributed by atoms with Crippen molar-refractivity contribution in [1.29, 1.82) is 0 Å². The van der Waals surface area contributed by atoms with Crippen LogP contribution in [0.3, 0.4) is 0 Å². The predicted octanol–water partition coefficient (Wildman–Crippen LogP) is 6.70. The Balaban J connectivity index is 1.18. The number of hydrogen-bond donors (Lipinski definition) is 1. The number of rotatable bonds is 11. The molecular formula is C38H38ClN3O5. The predicted molar refractivity (Wildman–Crippen MR) is 185 cm³/mol. The Labute approximate surface area is 279 Å². The van der Waals surface area contributed by atoms with Crippen molar-refractivity contribution < 1.29 is 18.7 Å². The van der Waals surface area contributed by atoms with Gasteiger partial charge in [-0.05, 0) is 73.2 Å². The van der Waals surface area contributed by atoms with Crippen molar-refractivity contribution in [3.05, 3.63) is 129 Å². The first-order valence-electron chi connectivity index (χ1n) is 16.0. The number of ether oxygens (including phenoxy) is 1. The molecule has 2 fully saturated rings. The van der Waals surface area contributed by atoms with Crippen LogP contribution in [-0.4, -0.2) is 49.0 Å². The number of carbonyl (C=O) groups excluding carboxylic acids is 2. The maximum atomic E-state index is 13.5. The van der Waals surface area contributed by atoms with Gasteiger partial charge in [-0.2, -0.15) is 0 Å². The van der Waals surface area contributed by atoms with Crippen molar-refractivity contribution in [2.45, 2.75) is 44.7 Å². The second-order valence-electron chi connectivity index (χ2n) is 12.0. The fourth-order valence-electron chi connectivity index (χ4n) is 6.27. The summed E-state index contributed by atoms with van der Waals surface area (Å²) in [5, 5.41) is 4.08. The summed E-state index contributed by atoms with van der Waals surface area (Å²) < 4.78 is 11.4. The van der Waals surface area contributed by atoms with E-state index in [1.165, 1.54) is 22.9 Å². The van der Waals surface area contributed by atoms with Crippen LogP contribution in [0.1, 0.15) is 47.4 Å². The van der Waals surface area contributed by atoms with Crippen molar-refractivity contribution in [3.63, 3.8) is 0 Å². The van der Waals surface area contributed by atoms with Crippen LogP contribution in [0.25, 0.3) is 11.0 Å². The molecule has 1 aromatic heterocycles. The quantitative estimate of drug-likeness (QED) is 0.182. The summed E-state index contributed by atoms with van der Waals surface area (Å²) in [4.78, 5) is 43.1. The summed E-state index contributed by atoms with van der Waals surface area (Å²) >= 11 is 6.14. The molecule has 1 N–H and O–H groups in total. The highest BCUT2D eigenvalue weighted by Crippen LogP contribution is 2.29. The van der Waals surface area contributed by atoms with Crippen LogP contribution in [0.5, 0.6) is 5.75 Å². The summed E-state index contributed by atoms with van der Waals surface area (Å²) in [6, 6.07) is 21.7. The molecule has 9 heteroatoms. The third-order valence-electron chi connectivity index (χ3n) is 8.68. The van der Waals surface area contributed by atoms with Gasteiger partial charge in [0.2, 0.25) is 5.91 Å². The highest BCUT2D eigenvalue weighted by molar-refractivity contribution is 6.30. The lowest BCUT2D eigenvalue weighted by molar-refractivity contribution is -0.128. The number of anilines is 1. The Morgan fingerprint density at radius 1 is 1.00 bits per heavy atom. The van der Waals surface area contributed by atoms with Crippen LogP contribution in [0, 0.1) is 0 Å². The van der Waals surface area contributed by atoms with Crippen molar-refractivity contribution >= 4 is 40.1 Å². The smallest absolute Gasteiger partial charge is 0.287 e. The van der Waals surface area contributed by atoms with Crippen LogP contribution in [-0.2, 0) is 17.8 Å². The average Bonchev–Trinajstić information content (AvgIpc) is 3.49. The summed E-state index contributed by atoms with van der Waals surface area (Å²) in [7, 11) is 0. The second-order valence-corrected chi connectivity index (χ2v) is 12.4. The van der Waals surface area contributed by atoms with E-state index in [1.54, 1.807) is 24.3 Å². The number of likely N-dealkylation sites (tertiary alicyclic amines) is 1. The van der Waals surface area contributed by atoms with Crippen LogP contribution in [0.2, 0.25) is 5.02 Å². The van der Waals surface area contributed by atoms with E-state index in [0.29, 0.717) is 47.7 Å². The Morgan fingerprint density at radius 3 is 2.53 bits per heavy atom. The van der Waals surface area contributed by atoms with Crippen molar-refractivity contribution in [2.24, 2.45) is 0 Å². The maximum absolute atomic E-state index is 13.5. The van der Waals surface area contributed by atoms with Gasteiger partial charge in [-0.15, -0.1) is 0 Å². The van der Waals surface area contributed by atoms with E-state index in [1.807, 2.05) is 35.2 Å². The number of hydrogen-bond acceptors (Lipinski definition) is 6. The van der Waals surface area contributed by atoms with E-state index in [-0.39, 0.29) is 23.1 Å². The first-order chi connectivity index (χ1) is 22.9. The van der Waals surface area contributed by atoms with Crippen molar-refractivity contribution in [3.8, 4) is 5.75 Å². The summed E-state index contributed by atoms with van der Waals surface area (Å²) in [6.07, 6.45) is 7.54. The van der Waals surface area contributed by atoms with Gasteiger partial charge in [-0.1, -0.05) is 66.2 Å². The molecular weight excluding hydrogens is 614 g/mol. The van der Waals surface area contributed by atoms with Crippen molar-refractivity contribution in [2.75, 3.05) is 31.1 Å². The number of carbonyl (C=O) groups is 2. The average molecular weight is 652 g/mol. The first-order valence-corrected chi connectivity index (χ1v) is 16.4. The number of para-hydroxylation sites is 1. The molecule has 2 aliphatic heterocycles. The fourth-order valence-corrected chi connectivity index (χ4v) is 6.40. The molecule has 6 rings (SSSR count). The van der Waals surface area contributed by atoms with E-state index in [0.717, 1.165) is 44.5 Å².